The summed E-state index contributed by atoms with van der Waals surface area (Å²) in [5.74, 6) is 1.08. The Morgan fingerprint density at radius 2 is 1.74 bits per heavy atom. The number of fused-ring (bicyclic) bond motifs is 1. The lowest BCUT2D eigenvalue weighted by molar-refractivity contribution is 0.0142. The molecule has 110 valence electrons. The van der Waals surface area contributed by atoms with E-state index in [2.05, 4.69) is 16.7 Å². The van der Waals surface area contributed by atoms with Gasteiger partial charge >= 0.3 is 0 Å². The van der Waals surface area contributed by atoms with E-state index >= 15 is 0 Å². The fourth-order valence-electron chi connectivity index (χ4n) is 4.61. The van der Waals surface area contributed by atoms with Crippen molar-refractivity contribution < 1.29 is 0 Å². The molecule has 3 fully saturated rings. The van der Waals surface area contributed by atoms with Gasteiger partial charge in [0.05, 0.1) is 0 Å². The van der Waals surface area contributed by atoms with Gasteiger partial charge in [-0.2, -0.15) is 0 Å². The summed E-state index contributed by atoms with van der Waals surface area (Å²) in [5.41, 5.74) is 0. The van der Waals surface area contributed by atoms with Crippen LogP contribution in [0.3, 0.4) is 0 Å². The molecule has 2 heterocycles. The zero-order chi connectivity index (χ0) is 13.1. The number of hydrogen-bond donors (Lipinski definition) is 0. The third-order valence-corrected chi connectivity index (χ3v) is 5.85. The first kappa shape index (κ1) is 13.9. The molecular weight excluding hydrogens is 232 g/mol. The molecule has 2 aliphatic heterocycles. The molecule has 1 aliphatic carbocycles. The topological polar surface area (TPSA) is 6.48 Å². The maximum Gasteiger partial charge on any atom is 0.0223 e. The maximum absolute atomic E-state index is 2.79. The lowest BCUT2D eigenvalue weighted by Gasteiger charge is -2.47. The first-order chi connectivity index (χ1) is 9.33. The van der Waals surface area contributed by atoms with Crippen molar-refractivity contribution in [3.8, 4) is 0 Å². The minimum absolute atomic E-state index is 0.790. The van der Waals surface area contributed by atoms with E-state index in [4.69, 9.17) is 0 Å². The van der Waals surface area contributed by atoms with E-state index in [1.807, 2.05) is 0 Å². The Labute approximate surface area is 119 Å². The van der Waals surface area contributed by atoms with Gasteiger partial charge in [0, 0.05) is 25.2 Å². The van der Waals surface area contributed by atoms with Crippen LogP contribution in [0.1, 0.15) is 64.7 Å². The molecule has 0 spiro atoms. The van der Waals surface area contributed by atoms with Crippen LogP contribution in [0.5, 0.6) is 0 Å². The second-order valence-corrected chi connectivity index (χ2v) is 7.28. The Morgan fingerprint density at radius 3 is 2.58 bits per heavy atom. The second-order valence-electron chi connectivity index (χ2n) is 7.28. The zero-order valence-electron chi connectivity index (χ0n) is 12.8. The van der Waals surface area contributed by atoms with Gasteiger partial charge < -0.3 is 0 Å². The van der Waals surface area contributed by atoms with E-state index in [-0.39, 0.29) is 0 Å². The van der Waals surface area contributed by atoms with Crippen molar-refractivity contribution in [2.45, 2.75) is 76.8 Å². The lowest BCUT2D eigenvalue weighted by Crippen LogP contribution is -2.58. The van der Waals surface area contributed by atoms with Crippen LogP contribution in [0, 0.1) is 5.92 Å². The van der Waals surface area contributed by atoms with Crippen LogP contribution in [0.4, 0.5) is 0 Å². The monoisotopic (exact) mass is 264 g/mol. The van der Waals surface area contributed by atoms with Gasteiger partial charge in [0.25, 0.3) is 0 Å². The Kier molecular flexibility index (Phi) is 4.81. The van der Waals surface area contributed by atoms with Crippen molar-refractivity contribution in [2.24, 2.45) is 5.92 Å². The molecule has 0 N–H and O–H groups in total. The summed E-state index contributed by atoms with van der Waals surface area (Å²) in [4.78, 5) is 5.56. The van der Waals surface area contributed by atoms with Gasteiger partial charge in [0.1, 0.15) is 0 Å². The largest absolute Gasteiger partial charge is 0.298 e. The van der Waals surface area contributed by atoms with E-state index < -0.39 is 0 Å². The summed E-state index contributed by atoms with van der Waals surface area (Å²) >= 11 is 0. The van der Waals surface area contributed by atoms with Crippen LogP contribution in [-0.2, 0) is 0 Å². The van der Waals surface area contributed by atoms with Crippen molar-refractivity contribution in [2.75, 3.05) is 26.2 Å². The predicted molar refractivity (Wildman–Crippen MR) is 81.4 cm³/mol. The minimum atomic E-state index is 0.790. The summed E-state index contributed by atoms with van der Waals surface area (Å²) in [6.07, 6.45) is 13.3. The quantitative estimate of drug-likeness (QED) is 0.766. The number of piperidine rings is 1. The second kappa shape index (κ2) is 6.58. The normalized spacial score (nSPS) is 34.6. The highest BCUT2D eigenvalue weighted by atomic mass is 15.3. The maximum atomic E-state index is 2.79. The molecule has 2 atom stereocenters. The smallest absolute Gasteiger partial charge is 0.0223 e. The predicted octanol–water partition coefficient (Wildman–Crippen LogP) is 3.52. The molecule has 2 unspecified atom stereocenters. The molecule has 2 heteroatoms. The molecule has 2 saturated heterocycles. The third-order valence-electron chi connectivity index (χ3n) is 5.85. The van der Waals surface area contributed by atoms with Crippen LogP contribution in [0.15, 0.2) is 0 Å². The lowest BCUT2D eigenvalue weighted by atomic mass is 9.96. The van der Waals surface area contributed by atoms with E-state index in [9.17, 15) is 0 Å². The standard InChI is InChI=1S/C17H32N2/c1-15-13-19-11-5-4-10-17(19)14-18(15)12-6-9-16-7-2-3-8-16/h15-17H,2-14H2,1H3. The molecular formula is C17H32N2. The fraction of sp³-hybridized carbons (Fsp3) is 1.00. The van der Waals surface area contributed by atoms with Crippen molar-refractivity contribution in [3.05, 3.63) is 0 Å². The van der Waals surface area contributed by atoms with Crippen LogP contribution in [0.25, 0.3) is 0 Å². The highest BCUT2D eigenvalue weighted by molar-refractivity contribution is 4.89. The summed E-state index contributed by atoms with van der Waals surface area (Å²) in [6.45, 7) is 7.85. The molecule has 19 heavy (non-hydrogen) atoms. The zero-order valence-corrected chi connectivity index (χ0v) is 12.8. The molecule has 3 aliphatic rings. The van der Waals surface area contributed by atoms with Gasteiger partial charge in [0.2, 0.25) is 0 Å². The van der Waals surface area contributed by atoms with Crippen molar-refractivity contribution in [3.63, 3.8) is 0 Å². The highest BCUT2D eigenvalue weighted by Gasteiger charge is 2.32. The fourth-order valence-corrected chi connectivity index (χ4v) is 4.61. The van der Waals surface area contributed by atoms with Gasteiger partial charge in [0.15, 0.2) is 0 Å². The molecule has 0 aromatic heterocycles. The summed E-state index contributed by atoms with van der Waals surface area (Å²) in [6, 6.07) is 1.68. The van der Waals surface area contributed by atoms with Crippen LogP contribution in [0.2, 0.25) is 0 Å². The molecule has 0 aromatic rings. The van der Waals surface area contributed by atoms with Gasteiger partial charge in [-0.05, 0) is 51.6 Å². The molecule has 0 aromatic carbocycles. The van der Waals surface area contributed by atoms with Gasteiger partial charge in [-0.3, -0.25) is 9.80 Å². The molecule has 0 bridgehead atoms. The van der Waals surface area contributed by atoms with E-state index in [0.29, 0.717) is 0 Å². The van der Waals surface area contributed by atoms with Gasteiger partial charge in [-0.15, -0.1) is 0 Å². The van der Waals surface area contributed by atoms with Crippen LogP contribution in [-0.4, -0.2) is 48.1 Å². The minimum Gasteiger partial charge on any atom is -0.298 e. The van der Waals surface area contributed by atoms with Gasteiger partial charge in [-0.1, -0.05) is 32.1 Å². The Balaban J connectivity index is 1.42. The van der Waals surface area contributed by atoms with E-state index in [1.165, 1.54) is 84.0 Å². The first-order valence-electron chi connectivity index (χ1n) is 8.81. The van der Waals surface area contributed by atoms with Gasteiger partial charge in [-0.25, -0.2) is 0 Å². The number of piperazine rings is 1. The van der Waals surface area contributed by atoms with E-state index in [1.54, 1.807) is 0 Å². The molecule has 1 saturated carbocycles. The number of rotatable bonds is 4. The molecule has 2 nitrogen and oxygen atoms in total. The average Bonchev–Trinajstić information content (AvgIpc) is 2.92. The number of hydrogen-bond acceptors (Lipinski definition) is 2. The molecule has 0 radical (unpaired) electrons. The summed E-state index contributed by atoms with van der Waals surface area (Å²) in [7, 11) is 0. The van der Waals surface area contributed by atoms with E-state index in [0.717, 1.165) is 18.0 Å². The third kappa shape index (κ3) is 3.52. The van der Waals surface area contributed by atoms with Crippen LogP contribution < -0.4 is 0 Å². The summed E-state index contributed by atoms with van der Waals surface area (Å²) in [5, 5.41) is 0. The van der Waals surface area contributed by atoms with Crippen LogP contribution >= 0.6 is 0 Å². The highest BCUT2D eigenvalue weighted by Crippen LogP contribution is 2.29. The SMILES string of the molecule is CC1CN2CCCCC2CN1CCCC1CCCC1. The molecule has 0 amide bonds. The number of nitrogens with zero attached hydrogens (tertiary/aromatic N) is 2. The van der Waals surface area contributed by atoms with Crippen molar-refractivity contribution in [1.82, 2.24) is 9.80 Å². The Bertz CT molecular complexity index is 272. The summed E-state index contributed by atoms with van der Waals surface area (Å²) < 4.78 is 0. The Morgan fingerprint density at radius 1 is 0.947 bits per heavy atom. The average molecular weight is 264 g/mol. The molecule has 3 rings (SSSR count). The first-order valence-corrected chi connectivity index (χ1v) is 8.81. The Hall–Kier alpha value is -0.0800. The van der Waals surface area contributed by atoms with Crippen molar-refractivity contribution in [1.29, 1.82) is 0 Å². The van der Waals surface area contributed by atoms with Crippen molar-refractivity contribution >= 4 is 0 Å².